The molecular formula is C18H19N5O3. The van der Waals surface area contributed by atoms with Gasteiger partial charge in [-0.15, -0.1) is 0 Å². The summed E-state index contributed by atoms with van der Waals surface area (Å²) < 4.78 is 5.40. The highest BCUT2D eigenvalue weighted by Gasteiger charge is 2.17. The van der Waals surface area contributed by atoms with Crippen LogP contribution < -0.4 is 15.8 Å². The zero-order valence-corrected chi connectivity index (χ0v) is 14.6. The summed E-state index contributed by atoms with van der Waals surface area (Å²) in [5, 5.41) is 12.9. The molecule has 0 saturated heterocycles. The molecule has 0 radical (unpaired) electrons. The van der Waals surface area contributed by atoms with Crippen LogP contribution in [0.3, 0.4) is 0 Å². The van der Waals surface area contributed by atoms with Gasteiger partial charge in [-0.3, -0.25) is 0 Å². The van der Waals surface area contributed by atoms with Crippen molar-refractivity contribution in [2.24, 2.45) is 0 Å². The Balaban J connectivity index is 2.14. The summed E-state index contributed by atoms with van der Waals surface area (Å²) in [6.07, 6.45) is 4.70. The number of hydrogen-bond acceptors (Lipinski definition) is 6. The van der Waals surface area contributed by atoms with Gasteiger partial charge >= 0.3 is 5.97 Å². The van der Waals surface area contributed by atoms with Crippen molar-refractivity contribution >= 4 is 40.3 Å². The maximum absolute atomic E-state index is 11.5. The van der Waals surface area contributed by atoms with Crippen molar-refractivity contribution in [1.82, 2.24) is 15.0 Å². The minimum atomic E-state index is -1.07. The third-order valence-corrected chi connectivity index (χ3v) is 3.80. The van der Waals surface area contributed by atoms with Gasteiger partial charge in [-0.25, -0.2) is 14.8 Å². The van der Waals surface area contributed by atoms with Crippen molar-refractivity contribution in [1.29, 1.82) is 0 Å². The Bertz CT molecular complexity index is 1020. The molecule has 134 valence electrons. The minimum Gasteiger partial charge on any atom is -0.494 e. The van der Waals surface area contributed by atoms with Gasteiger partial charge < -0.3 is 25.9 Å². The number of fused-ring (bicyclic) bond motifs is 1. The van der Waals surface area contributed by atoms with Gasteiger partial charge in [-0.05, 0) is 25.5 Å². The number of allylic oxidation sites excluding steroid dienone is 1. The fourth-order valence-electron chi connectivity index (χ4n) is 2.67. The van der Waals surface area contributed by atoms with E-state index in [0.29, 0.717) is 34.0 Å². The van der Waals surface area contributed by atoms with Gasteiger partial charge in [0.15, 0.2) is 0 Å². The quantitative estimate of drug-likeness (QED) is 0.518. The first-order valence-electron chi connectivity index (χ1n) is 7.85. The van der Waals surface area contributed by atoms with E-state index >= 15 is 0 Å². The smallest absolute Gasteiger partial charge is 0.338 e. The number of nitrogens with zero attached hydrogens (tertiary/aromatic N) is 2. The van der Waals surface area contributed by atoms with Crippen molar-refractivity contribution < 1.29 is 14.6 Å². The average molecular weight is 353 g/mol. The number of H-pyrrole nitrogens is 1. The van der Waals surface area contributed by atoms with Crippen LogP contribution in [0.15, 0.2) is 30.2 Å². The van der Waals surface area contributed by atoms with E-state index in [1.165, 1.54) is 19.6 Å². The summed E-state index contributed by atoms with van der Waals surface area (Å²) in [5.41, 5.74) is 9.71. The van der Waals surface area contributed by atoms with Crippen molar-refractivity contribution in [2.45, 2.75) is 13.8 Å². The van der Waals surface area contributed by atoms with Gasteiger partial charge in [0.05, 0.1) is 23.7 Å². The second-order valence-electron chi connectivity index (χ2n) is 5.98. The average Bonchev–Trinajstić information content (AvgIpc) is 3.02. The van der Waals surface area contributed by atoms with E-state index in [2.05, 4.69) is 20.3 Å². The van der Waals surface area contributed by atoms with Crippen LogP contribution in [-0.4, -0.2) is 33.1 Å². The number of ether oxygens (including phenoxy) is 1. The second-order valence-corrected chi connectivity index (χ2v) is 5.98. The largest absolute Gasteiger partial charge is 0.494 e. The summed E-state index contributed by atoms with van der Waals surface area (Å²) in [7, 11) is 1.54. The molecule has 0 aliphatic heterocycles. The van der Waals surface area contributed by atoms with E-state index in [9.17, 15) is 9.90 Å². The zero-order chi connectivity index (χ0) is 18.8. The van der Waals surface area contributed by atoms with Gasteiger partial charge in [0.25, 0.3) is 0 Å². The van der Waals surface area contributed by atoms with E-state index in [0.717, 1.165) is 11.1 Å². The van der Waals surface area contributed by atoms with Gasteiger partial charge in [0.1, 0.15) is 23.5 Å². The van der Waals surface area contributed by atoms with Crippen molar-refractivity contribution in [3.63, 3.8) is 0 Å². The number of carboxylic acids is 1. The molecular weight excluding hydrogens is 334 g/mol. The Morgan fingerprint density at radius 2 is 2.12 bits per heavy atom. The number of benzene rings is 1. The molecule has 0 spiro atoms. The molecule has 0 fully saturated rings. The maximum Gasteiger partial charge on any atom is 0.338 e. The number of aromatic amines is 1. The normalized spacial score (nSPS) is 10.6. The summed E-state index contributed by atoms with van der Waals surface area (Å²) in [6.45, 7) is 3.95. The number of nitrogens with one attached hydrogen (secondary N) is 2. The van der Waals surface area contributed by atoms with Crippen LogP contribution in [0.1, 0.15) is 29.8 Å². The minimum absolute atomic E-state index is 0.0852. The highest BCUT2D eigenvalue weighted by molar-refractivity contribution is 6.07. The molecule has 2 aromatic heterocycles. The SMILES string of the molecule is COc1cc(N)c(C=C(C)C)cc1Nc1ncnc2[nH]cc(C(=O)O)c12. The van der Waals surface area contributed by atoms with E-state index in [1.54, 1.807) is 6.07 Å². The maximum atomic E-state index is 11.5. The molecule has 0 amide bonds. The van der Waals surface area contributed by atoms with E-state index in [4.69, 9.17) is 10.5 Å². The molecule has 0 bridgehead atoms. The second kappa shape index (κ2) is 6.75. The number of aromatic nitrogens is 3. The zero-order valence-electron chi connectivity index (χ0n) is 14.6. The molecule has 0 aliphatic carbocycles. The molecule has 0 atom stereocenters. The van der Waals surface area contributed by atoms with Gasteiger partial charge in [-0.1, -0.05) is 11.6 Å². The van der Waals surface area contributed by atoms with Crippen LogP contribution in [0.5, 0.6) is 5.75 Å². The van der Waals surface area contributed by atoms with Crippen LogP contribution in [-0.2, 0) is 0 Å². The van der Waals surface area contributed by atoms with Crippen molar-refractivity contribution in [3.8, 4) is 5.75 Å². The number of carbonyl (C=O) groups is 1. The Kier molecular flexibility index (Phi) is 4.49. The first kappa shape index (κ1) is 17.3. The molecule has 5 N–H and O–H groups in total. The highest BCUT2D eigenvalue weighted by atomic mass is 16.5. The van der Waals surface area contributed by atoms with Gasteiger partial charge in [-0.2, -0.15) is 0 Å². The Labute approximate surface area is 149 Å². The predicted octanol–water partition coefficient (Wildman–Crippen LogP) is 3.41. The summed E-state index contributed by atoms with van der Waals surface area (Å²) >= 11 is 0. The number of anilines is 3. The summed E-state index contributed by atoms with van der Waals surface area (Å²) in [6, 6.07) is 3.55. The van der Waals surface area contributed by atoms with Crippen LogP contribution in [0.25, 0.3) is 17.1 Å². The predicted molar refractivity (Wildman–Crippen MR) is 101 cm³/mol. The van der Waals surface area contributed by atoms with E-state index in [1.807, 2.05) is 26.0 Å². The van der Waals surface area contributed by atoms with Crippen molar-refractivity contribution in [3.05, 3.63) is 41.4 Å². The van der Waals surface area contributed by atoms with Gasteiger partial charge in [0, 0.05) is 18.0 Å². The molecule has 26 heavy (non-hydrogen) atoms. The van der Waals surface area contributed by atoms with Gasteiger partial charge in [0.2, 0.25) is 0 Å². The fourth-order valence-corrected chi connectivity index (χ4v) is 2.67. The molecule has 2 heterocycles. The lowest BCUT2D eigenvalue weighted by molar-refractivity contribution is 0.0699. The van der Waals surface area contributed by atoms with Crippen LogP contribution >= 0.6 is 0 Å². The number of carboxylic acid groups (broad SMARTS) is 1. The first-order chi connectivity index (χ1) is 12.4. The lowest BCUT2D eigenvalue weighted by Crippen LogP contribution is -2.02. The molecule has 3 rings (SSSR count). The monoisotopic (exact) mass is 353 g/mol. The highest BCUT2D eigenvalue weighted by Crippen LogP contribution is 2.35. The number of aromatic carboxylic acids is 1. The number of hydrogen-bond donors (Lipinski definition) is 4. The molecule has 3 aromatic rings. The van der Waals surface area contributed by atoms with Crippen molar-refractivity contribution in [2.75, 3.05) is 18.2 Å². The molecule has 1 aromatic carbocycles. The lowest BCUT2D eigenvalue weighted by atomic mass is 10.1. The molecule has 0 unspecified atom stereocenters. The molecule has 8 heteroatoms. The number of rotatable bonds is 5. The standard InChI is InChI=1S/C18H19N5O3/c1-9(2)4-10-5-13(14(26-3)6-12(10)19)23-17-15-11(18(24)25)7-20-16(15)21-8-22-17/h4-8H,19H2,1-3H3,(H,24,25)(H2,20,21,22,23). The summed E-state index contributed by atoms with van der Waals surface area (Å²) in [4.78, 5) is 22.6. The molecule has 8 nitrogen and oxygen atoms in total. The van der Waals surface area contributed by atoms with Crippen LogP contribution in [0, 0.1) is 0 Å². The fraction of sp³-hybridized carbons (Fsp3) is 0.167. The Hall–Kier alpha value is -3.55. The third-order valence-electron chi connectivity index (χ3n) is 3.80. The van der Waals surface area contributed by atoms with E-state index < -0.39 is 5.97 Å². The van der Waals surface area contributed by atoms with Crippen LogP contribution in [0.2, 0.25) is 0 Å². The van der Waals surface area contributed by atoms with Crippen LogP contribution in [0.4, 0.5) is 17.2 Å². The molecule has 0 saturated carbocycles. The topological polar surface area (TPSA) is 126 Å². The molecule has 0 aliphatic rings. The lowest BCUT2D eigenvalue weighted by Gasteiger charge is -2.14. The Morgan fingerprint density at radius 1 is 1.35 bits per heavy atom. The Morgan fingerprint density at radius 3 is 2.77 bits per heavy atom. The summed E-state index contributed by atoms with van der Waals surface area (Å²) in [5.74, 6) is -0.184. The number of nitrogens with two attached hydrogens (primary N) is 1. The first-order valence-corrected chi connectivity index (χ1v) is 7.85. The van der Waals surface area contributed by atoms with E-state index in [-0.39, 0.29) is 5.56 Å². The number of methoxy groups -OCH3 is 1. The third kappa shape index (κ3) is 3.16. The number of nitrogen functional groups attached to an aromatic ring is 1.